The van der Waals surface area contributed by atoms with Crippen LogP contribution in [0, 0.1) is 0 Å². The van der Waals surface area contributed by atoms with Gasteiger partial charge in [0.25, 0.3) is 0 Å². The van der Waals surface area contributed by atoms with E-state index in [0.717, 1.165) is 0 Å². The third-order valence-electron chi connectivity index (χ3n) is 1.46. The van der Waals surface area contributed by atoms with Crippen LogP contribution >= 0.6 is 0 Å². The summed E-state index contributed by atoms with van der Waals surface area (Å²) < 4.78 is 4.87. The number of nitrogens with one attached hydrogen (secondary N) is 1. The molecule has 1 amide bonds. The van der Waals surface area contributed by atoms with Gasteiger partial charge in [0.15, 0.2) is 0 Å². The molecule has 0 aromatic carbocycles. The molecule has 0 unspecified atom stereocenters. The second-order valence-corrected chi connectivity index (χ2v) is 2.95. The van der Waals surface area contributed by atoms with Gasteiger partial charge in [-0.05, 0) is 13.8 Å². The standard InChI is InChI=1S/C7H15NO4/c1-5(12-3)4-7(2,11)8-6(9)10/h5,8,11H,4H2,1-3H3,(H,9,10)/t5-,7-/m0/s1. The normalized spacial score (nSPS) is 18.0. The van der Waals surface area contributed by atoms with Crippen LogP contribution in [0.5, 0.6) is 0 Å². The Morgan fingerprint density at radius 2 is 2.25 bits per heavy atom. The zero-order valence-corrected chi connectivity index (χ0v) is 7.50. The Morgan fingerprint density at radius 3 is 2.58 bits per heavy atom. The van der Waals surface area contributed by atoms with Crippen LogP contribution in [0.2, 0.25) is 0 Å². The Balaban J connectivity index is 3.94. The Kier molecular flexibility index (Phi) is 3.99. The average molecular weight is 177 g/mol. The first-order valence-corrected chi connectivity index (χ1v) is 3.63. The van der Waals surface area contributed by atoms with Gasteiger partial charge in [-0.15, -0.1) is 0 Å². The van der Waals surface area contributed by atoms with Crippen LogP contribution < -0.4 is 5.32 Å². The van der Waals surface area contributed by atoms with Gasteiger partial charge in [-0.1, -0.05) is 0 Å². The number of hydrogen-bond acceptors (Lipinski definition) is 3. The van der Waals surface area contributed by atoms with Gasteiger partial charge in [0.1, 0.15) is 5.72 Å². The lowest BCUT2D eigenvalue weighted by Gasteiger charge is -2.25. The first kappa shape index (κ1) is 11.2. The molecule has 0 aliphatic carbocycles. The Labute approximate surface area is 71.3 Å². The number of hydrogen-bond donors (Lipinski definition) is 3. The molecule has 0 bridgehead atoms. The summed E-state index contributed by atoms with van der Waals surface area (Å²) in [5.41, 5.74) is -1.43. The fourth-order valence-electron chi connectivity index (χ4n) is 0.924. The van der Waals surface area contributed by atoms with Crippen LogP contribution in [0.3, 0.4) is 0 Å². The van der Waals surface area contributed by atoms with Crippen LogP contribution in [0.15, 0.2) is 0 Å². The first-order chi connectivity index (χ1) is 5.37. The van der Waals surface area contributed by atoms with Crippen molar-refractivity contribution in [3.05, 3.63) is 0 Å². The van der Waals surface area contributed by atoms with Crippen molar-refractivity contribution in [3.63, 3.8) is 0 Å². The third-order valence-corrected chi connectivity index (χ3v) is 1.46. The van der Waals surface area contributed by atoms with Crippen molar-refractivity contribution in [2.45, 2.75) is 32.1 Å². The van der Waals surface area contributed by atoms with Crippen molar-refractivity contribution >= 4 is 6.09 Å². The Bertz CT molecular complexity index is 157. The summed E-state index contributed by atoms with van der Waals surface area (Å²) in [4.78, 5) is 10.2. The van der Waals surface area contributed by atoms with Crippen LogP contribution in [-0.2, 0) is 4.74 Å². The molecule has 3 N–H and O–H groups in total. The summed E-state index contributed by atoms with van der Waals surface area (Å²) in [6.07, 6.45) is -1.22. The number of methoxy groups -OCH3 is 1. The maximum Gasteiger partial charge on any atom is 0.406 e. The second kappa shape index (κ2) is 4.27. The number of rotatable bonds is 4. The highest BCUT2D eigenvalue weighted by Crippen LogP contribution is 2.09. The van der Waals surface area contributed by atoms with Crippen LogP contribution in [-0.4, -0.2) is 35.2 Å². The van der Waals surface area contributed by atoms with E-state index in [1.807, 2.05) is 5.32 Å². The molecule has 72 valence electrons. The quantitative estimate of drug-likeness (QED) is 0.543. The number of ether oxygens (including phenoxy) is 1. The predicted molar refractivity (Wildman–Crippen MR) is 42.9 cm³/mol. The summed E-state index contributed by atoms with van der Waals surface area (Å²) in [7, 11) is 1.50. The highest BCUT2D eigenvalue weighted by molar-refractivity contribution is 5.65. The summed E-state index contributed by atoms with van der Waals surface area (Å²) in [5, 5.41) is 19.7. The summed E-state index contributed by atoms with van der Waals surface area (Å²) in [6, 6.07) is 0. The first-order valence-electron chi connectivity index (χ1n) is 3.63. The highest BCUT2D eigenvalue weighted by Gasteiger charge is 2.24. The molecule has 0 rings (SSSR count). The molecule has 0 aromatic heterocycles. The molecule has 2 atom stereocenters. The molecule has 0 aliphatic heterocycles. The van der Waals surface area contributed by atoms with Crippen molar-refractivity contribution in [1.29, 1.82) is 0 Å². The summed E-state index contributed by atoms with van der Waals surface area (Å²) >= 11 is 0. The maximum absolute atomic E-state index is 10.2. The molecule has 0 aromatic rings. The molecule has 0 aliphatic rings. The zero-order chi connectivity index (χ0) is 9.78. The van der Waals surface area contributed by atoms with E-state index in [1.165, 1.54) is 14.0 Å². The van der Waals surface area contributed by atoms with E-state index in [0.29, 0.717) is 0 Å². The van der Waals surface area contributed by atoms with Gasteiger partial charge < -0.3 is 14.9 Å². The van der Waals surface area contributed by atoms with E-state index in [2.05, 4.69) is 0 Å². The molecule has 5 heteroatoms. The molecule has 0 heterocycles. The second-order valence-electron chi connectivity index (χ2n) is 2.95. The van der Waals surface area contributed by atoms with Gasteiger partial charge in [-0.3, -0.25) is 5.32 Å². The summed E-state index contributed by atoms with van der Waals surface area (Å²) in [5.74, 6) is 0. The van der Waals surface area contributed by atoms with E-state index in [4.69, 9.17) is 9.84 Å². The largest absolute Gasteiger partial charge is 0.465 e. The lowest BCUT2D eigenvalue weighted by atomic mass is 10.1. The molecular weight excluding hydrogens is 162 g/mol. The minimum Gasteiger partial charge on any atom is -0.465 e. The molecular formula is C7H15NO4. The number of carboxylic acid groups (broad SMARTS) is 1. The Hall–Kier alpha value is -0.810. The molecule has 0 saturated carbocycles. The summed E-state index contributed by atoms with van der Waals surface area (Å²) in [6.45, 7) is 3.13. The van der Waals surface area contributed by atoms with E-state index >= 15 is 0 Å². The van der Waals surface area contributed by atoms with E-state index in [9.17, 15) is 9.90 Å². The molecule has 0 fully saturated rings. The lowest BCUT2D eigenvalue weighted by Crippen LogP contribution is -2.47. The predicted octanol–water partition coefficient (Wildman–Crippen LogP) is 0.388. The maximum atomic E-state index is 10.2. The zero-order valence-electron chi connectivity index (χ0n) is 7.50. The van der Waals surface area contributed by atoms with Gasteiger partial charge in [-0.2, -0.15) is 0 Å². The molecule has 0 radical (unpaired) electrons. The minimum absolute atomic E-state index is 0.188. The Morgan fingerprint density at radius 1 is 1.75 bits per heavy atom. The number of aliphatic hydroxyl groups is 1. The fourth-order valence-corrected chi connectivity index (χ4v) is 0.924. The molecule has 0 saturated heterocycles. The SMILES string of the molecule is CO[C@@H](C)C[C@](C)(O)NC(=O)O. The van der Waals surface area contributed by atoms with E-state index < -0.39 is 11.8 Å². The smallest absolute Gasteiger partial charge is 0.406 e. The van der Waals surface area contributed by atoms with Crippen LogP contribution in [0.1, 0.15) is 20.3 Å². The highest BCUT2D eigenvalue weighted by atomic mass is 16.5. The van der Waals surface area contributed by atoms with E-state index in [-0.39, 0.29) is 12.5 Å². The lowest BCUT2D eigenvalue weighted by molar-refractivity contribution is -0.0253. The van der Waals surface area contributed by atoms with Gasteiger partial charge >= 0.3 is 6.09 Å². The van der Waals surface area contributed by atoms with Gasteiger partial charge in [0.2, 0.25) is 0 Å². The van der Waals surface area contributed by atoms with E-state index in [1.54, 1.807) is 6.92 Å². The van der Waals surface area contributed by atoms with Crippen molar-refractivity contribution in [2.75, 3.05) is 7.11 Å². The monoisotopic (exact) mass is 177 g/mol. The van der Waals surface area contributed by atoms with Crippen molar-refractivity contribution in [3.8, 4) is 0 Å². The third kappa shape index (κ3) is 4.92. The van der Waals surface area contributed by atoms with Crippen molar-refractivity contribution < 1.29 is 19.7 Å². The number of amides is 1. The molecule has 12 heavy (non-hydrogen) atoms. The van der Waals surface area contributed by atoms with Gasteiger partial charge in [-0.25, -0.2) is 4.79 Å². The van der Waals surface area contributed by atoms with Crippen molar-refractivity contribution in [2.24, 2.45) is 0 Å². The fraction of sp³-hybridized carbons (Fsp3) is 0.857. The minimum atomic E-state index is -1.43. The van der Waals surface area contributed by atoms with Crippen LogP contribution in [0.25, 0.3) is 0 Å². The van der Waals surface area contributed by atoms with Gasteiger partial charge in [0, 0.05) is 13.5 Å². The van der Waals surface area contributed by atoms with Crippen LogP contribution in [0.4, 0.5) is 4.79 Å². The average Bonchev–Trinajstić information content (AvgIpc) is 1.83. The van der Waals surface area contributed by atoms with Gasteiger partial charge in [0.05, 0.1) is 6.10 Å². The number of carbonyl (C=O) groups is 1. The topological polar surface area (TPSA) is 78.8 Å². The van der Waals surface area contributed by atoms with Crippen molar-refractivity contribution in [1.82, 2.24) is 5.32 Å². The molecule has 0 spiro atoms. The molecule has 5 nitrogen and oxygen atoms in total.